The van der Waals surface area contributed by atoms with Gasteiger partial charge in [-0.3, -0.25) is 9.59 Å². The summed E-state index contributed by atoms with van der Waals surface area (Å²) in [7, 11) is 5.96. The summed E-state index contributed by atoms with van der Waals surface area (Å²) in [6.07, 6.45) is 98.1. The van der Waals surface area contributed by atoms with Gasteiger partial charge < -0.3 is 28.5 Å². The lowest BCUT2D eigenvalue weighted by Gasteiger charge is -2.25. The molecule has 506 valence electrons. The second-order valence-corrected chi connectivity index (χ2v) is 24.8. The van der Waals surface area contributed by atoms with Gasteiger partial charge in [-0.1, -0.05) is 295 Å². The minimum absolute atomic E-state index is 0.176. The maximum Gasteiger partial charge on any atom is 0.361 e. The maximum absolute atomic E-state index is 12.9. The molecule has 0 aromatic rings. The minimum Gasteiger partial charge on any atom is -0.477 e. The molecule has 0 saturated carbocycles. The number of carboxylic acids is 1. The highest BCUT2D eigenvalue weighted by molar-refractivity contribution is 5.71. The molecule has 0 aliphatic carbocycles. The fraction of sp³-hybridized carbons (Fsp3) is 0.662. The van der Waals surface area contributed by atoms with E-state index in [0.29, 0.717) is 23.9 Å². The summed E-state index contributed by atoms with van der Waals surface area (Å²) in [5.41, 5.74) is 0. The van der Waals surface area contributed by atoms with Gasteiger partial charge >= 0.3 is 17.9 Å². The first-order valence-electron chi connectivity index (χ1n) is 36.0. The number of quaternary nitrogens is 1. The molecule has 0 amide bonds. The Morgan fingerprint density at radius 2 is 0.640 bits per heavy atom. The van der Waals surface area contributed by atoms with Gasteiger partial charge in [-0.25, -0.2) is 4.79 Å². The summed E-state index contributed by atoms with van der Waals surface area (Å²) in [6, 6.07) is 0. The average molecular weight is 1240 g/mol. The van der Waals surface area contributed by atoms with Crippen molar-refractivity contribution in [2.24, 2.45) is 0 Å². The van der Waals surface area contributed by atoms with E-state index in [1.807, 2.05) is 21.1 Å². The van der Waals surface area contributed by atoms with Crippen LogP contribution in [0.25, 0.3) is 0 Å². The third-order valence-corrected chi connectivity index (χ3v) is 15.1. The molecule has 0 rings (SSSR count). The predicted molar refractivity (Wildman–Crippen MR) is 382 cm³/mol. The summed E-state index contributed by atoms with van der Waals surface area (Å²) in [6.45, 7) is 4.73. The van der Waals surface area contributed by atoms with E-state index in [9.17, 15) is 19.5 Å². The third kappa shape index (κ3) is 70.5. The van der Waals surface area contributed by atoms with Gasteiger partial charge in [0.05, 0.1) is 34.4 Å². The van der Waals surface area contributed by atoms with Crippen LogP contribution in [0, 0.1) is 0 Å². The van der Waals surface area contributed by atoms with Gasteiger partial charge in [0.1, 0.15) is 13.2 Å². The normalized spacial score (nSPS) is 13.6. The quantitative estimate of drug-likeness (QED) is 0.0211. The highest BCUT2D eigenvalue weighted by Crippen LogP contribution is 2.16. The van der Waals surface area contributed by atoms with Crippen LogP contribution in [0.1, 0.15) is 284 Å². The molecular formula is C80H134NO8+. The molecule has 0 aromatic heterocycles. The molecule has 1 N–H and O–H groups in total. The summed E-state index contributed by atoms with van der Waals surface area (Å²) in [5, 5.41) is 9.75. The zero-order chi connectivity index (χ0) is 64.7. The molecule has 0 fully saturated rings. The number of carboxylic acid groups (broad SMARTS) is 1. The summed E-state index contributed by atoms with van der Waals surface area (Å²) >= 11 is 0. The molecule has 2 unspecified atom stereocenters. The monoisotopic (exact) mass is 1240 g/mol. The number of allylic oxidation sites excluding steroid dienone is 24. The van der Waals surface area contributed by atoms with Crippen molar-refractivity contribution >= 4 is 17.9 Å². The number of hydrogen-bond acceptors (Lipinski definition) is 7. The highest BCUT2D eigenvalue weighted by Gasteiger charge is 2.25. The van der Waals surface area contributed by atoms with Crippen LogP contribution >= 0.6 is 0 Å². The van der Waals surface area contributed by atoms with Crippen molar-refractivity contribution in [3.05, 3.63) is 146 Å². The lowest BCUT2D eigenvalue weighted by molar-refractivity contribution is -0.870. The van der Waals surface area contributed by atoms with Crippen molar-refractivity contribution in [2.75, 3.05) is 47.5 Å². The Morgan fingerprint density at radius 3 is 0.955 bits per heavy atom. The predicted octanol–water partition coefficient (Wildman–Crippen LogP) is 22.7. The molecule has 0 bridgehead atoms. The van der Waals surface area contributed by atoms with E-state index in [0.717, 1.165) is 122 Å². The van der Waals surface area contributed by atoms with Crippen molar-refractivity contribution < 1.29 is 42.9 Å². The van der Waals surface area contributed by atoms with Crippen LogP contribution in [0.15, 0.2) is 146 Å². The minimum atomic E-state index is -1.53. The molecule has 0 aromatic carbocycles. The van der Waals surface area contributed by atoms with Gasteiger partial charge in [0, 0.05) is 12.8 Å². The molecule has 0 heterocycles. The average Bonchev–Trinajstić information content (AvgIpc) is 3.64. The number of likely N-dealkylation sites (N-methyl/N-ethyl adjacent to an activating group) is 1. The topological polar surface area (TPSA) is 108 Å². The number of aliphatic carboxylic acids is 1. The SMILES string of the molecule is CC/C=C\C/C=C\C/C=C\C/C=C\C/C=C\C/C=C\C/C=C\C/C=C\C/C=C\CCCCCCCC(=O)OC(COC(=O)CCCCCCCCCCCCCCCCCC/C=C\C/C=C\C/C=C\CCCCCCC)COC(OCC[N+](C)(C)C)C(=O)O. The number of unbranched alkanes of at least 4 members (excludes halogenated alkanes) is 26. The van der Waals surface area contributed by atoms with Crippen LogP contribution in [0.5, 0.6) is 0 Å². The zero-order valence-corrected chi connectivity index (χ0v) is 57.8. The molecule has 0 aliphatic heterocycles. The third-order valence-electron chi connectivity index (χ3n) is 15.1. The molecule has 0 saturated heterocycles. The van der Waals surface area contributed by atoms with Crippen LogP contribution in [0.2, 0.25) is 0 Å². The fourth-order valence-corrected chi connectivity index (χ4v) is 9.60. The van der Waals surface area contributed by atoms with Gasteiger partial charge in [-0.05, 0) is 122 Å². The Hall–Kier alpha value is -4.83. The van der Waals surface area contributed by atoms with Gasteiger partial charge in [0.15, 0.2) is 6.10 Å². The van der Waals surface area contributed by atoms with Crippen molar-refractivity contribution in [3.8, 4) is 0 Å². The molecule has 0 spiro atoms. The molecule has 9 heteroatoms. The number of rotatable bonds is 65. The number of esters is 2. The van der Waals surface area contributed by atoms with Crippen LogP contribution in [-0.4, -0.2) is 87.4 Å². The highest BCUT2D eigenvalue weighted by atomic mass is 16.7. The smallest absolute Gasteiger partial charge is 0.361 e. The Balaban J connectivity index is 4.20. The molecule has 9 nitrogen and oxygen atoms in total. The first-order valence-corrected chi connectivity index (χ1v) is 36.0. The van der Waals surface area contributed by atoms with E-state index >= 15 is 0 Å². The second-order valence-electron chi connectivity index (χ2n) is 24.8. The standard InChI is InChI=1S/C80H133NO8/c1-6-8-10-12-14-16-18-20-22-24-26-28-30-32-34-36-38-39-41-43-45-47-49-51-53-55-57-59-61-63-65-67-69-71-78(83)89-76(75-88-80(79(84)85)86-73-72-81(3,4)5)74-87-77(82)70-68-66-64-62-60-58-56-54-52-50-48-46-44-42-40-37-35-33-31-29-27-25-23-21-19-17-15-13-11-9-7-2/h8,10,14,16,19-22,25-28,31-34,38-39,43,45,49,51,55,57,76,80H,6-7,9,11-13,15,17-18,23-24,29-30,35-37,40-42,44,46-48,50,52-54,56,58-75H2,1-5H3/p+1/b10-8-,16-14-,21-19-,22-20-,27-25-,28-26-,33-31-,34-32-,39-38-,45-43-,51-49-,57-55-. The van der Waals surface area contributed by atoms with Gasteiger partial charge in [0.2, 0.25) is 0 Å². The summed E-state index contributed by atoms with van der Waals surface area (Å²) in [4.78, 5) is 37.7. The Morgan fingerprint density at radius 1 is 0.348 bits per heavy atom. The Kier molecular flexibility index (Phi) is 65.3. The Labute approximate surface area is 547 Å². The largest absolute Gasteiger partial charge is 0.477 e. The van der Waals surface area contributed by atoms with E-state index in [1.54, 1.807) is 0 Å². The molecule has 0 radical (unpaired) electrons. The number of ether oxygens (including phenoxy) is 4. The molecule has 89 heavy (non-hydrogen) atoms. The lowest BCUT2D eigenvalue weighted by Crippen LogP contribution is -2.40. The van der Waals surface area contributed by atoms with Gasteiger partial charge in [-0.15, -0.1) is 0 Å². The lowest BCUT2D eigenvalue weighted by atomic mass is 10.0. The van der Waals surface area contributed by atoms with E-state index in [4.69, 9.17) is 18.9 Å². The van der Waals surface area contributed by atoms with Crippen LogP contribution in [0.3, 0.4) is 0 Å². The number of hydrogen-bond donors (Lipinski definition) is 1. The van der Waals surface area contributed by atoms with E-state index in [1.165, 1.54) is 128 Å². The summed E-state index contributed by atoms with van der Waals surface area (Å²) < 4.78 is 23.0. The van der Waals surface area contributed by atoms with Crippen LogP contribution in [0.4, 0.5) is 0 Å². The van der Waals surface area contributed by atoms with Gasteiger partial charge in [-0.2, -0.15) is 0 Å². The van der Waals surface area contributed by atoms with E-state index in [2.05, 4.69) is 160 Å². The zero-order valence-electron chi connectivity index (χ0n) is 57.8. The maximum atomic E-state index is 12.9. The molecular weight excluding hydrogens is 1100 g/mol. The van der Waals surface area contributed by atoms with Crippen LogP contribution in [-0.2, 0) is 33.3 Å². The van der Waals surface area contributed by atoms with Crippen LogP contribution < -0.4 is 0 Å². The number of carbonyl (C=O) groups is 3. The molecule has 0 aliphatic rings. The van der Waals surface area contributed by atoms with Crippen molar-refractivity contribution in [3.63, 3.8) is 0 Å². The number of nitrogens with zero attached hydrogens (tertiary/aromatic N) is 1. The second kappa shape index (κ2) is 69.1. The Bertz CT molecular complexity index is 1970. The van der Waals surface area contributed by atoms with E-state index in [-0.39, 0.29) is 32.2 Å². The first-order chi connectivity index (χ1) is 43.6. The summed E-state index contributed by atoms with van der Waals surface area (Å²) in [5.74, 6) is -2.04. The van der Waals surface area contributed by atoms with Crippen molar-refractivity contribution in [1.82, 2.24) is 0 Å². The molecule has 2 atom stereocenters. The van der Waals surface area contributed by atoms with Gasteiger partial charge in [0.25, 0.3) is 6.29 Å². The number of carbonyl (C=O) groups excluding carboxylic acids is 2. The van der Waals surface area contributed by atoms with E-state index < -0.39 is 24.3 Å². The fourth-order valence-electron chi connectivity index (χ4n) is 9.60. The first kappa shape index (κ1) is 84.2. The van der Waals surface area contributed by atoms with Crippen molar-refractivity contribution in [1.29, 1.82) is 0 Å². The van der Waals surface area contributed by atoms with Crippen molar-refractivity contribution in [2.45, 2.75) is 296 Å².